The molecule has 0 unspecified atom stereocenters. The molecule has 0 aliphatic carbocycles. The second-order valence-electron chi connectivity index (χ2n) is 5.09. The smallest absolute Gasteiger partial charge is 0.235 e. The van der Waals surface area contributed by atoms with Gasteiger partial charge in [0.2, 0.25) is 5.16 Å². The summed E-state index contributed by atoms with van der Waals surface area (Å²) >= 11 is 0. The van der Waals surface area contributed by atoms with Crippen molar-refractivity contribution in [1.29, 1.82) is 0 Å². The lowest BCUT2D eigenvalue weighted by Crippen LogP contribution is -2.03. The number of aromatic nitrogens is 5. The molecule has 0 fully saturated rings. The van der Waals surface area contributed by atoms with E-state index in [1.165, 1.54) is 10.7 Å². The molecule has 0 atom stereocenters. The highest BCUT2D eigenvalue weighted by Crippen LogP contribution is 2.30. The van der Waals surface area contributed by atoms with Crippen LogP contribution < -0.4 is 0 Å². The predicted octanol–water partition coefficient (Wildman–Crippen LogP) is 2.69. The summed E-state index contributed by atoms with van der Waals surface area (Å²) in [5.41, 5.74) is 1.29. The maximum absolute atomic E-state index is 12.7. The summed E-state index contributed by atoms with van der Waals surface area (Å²) in [6.45, 7) is 0. The number of hydrogen-bond acceptors (Lipinski definition) is 7. The second-order valence-corrected chi connectivity index (χ2v) is 8.76. The topological polar surface area (TPSA) is 90.6 Å². The van der Waals surface area contributed by atoms with Crippen molar-refractivity contribution >= 4 is 30.6 Å². The van der Waals surface area contributed by atoms with Gasteiger partial charge in [-0.15, -0.1) is 5.10 Å². The van der Waals surface area contributed by atoms with Crippen LogP contribution in [0.3, 0.4) is 0 Å². The van der Waals surface area contributed by atoms with E-state index < -0.39 is 8.87 Å². The zero-order valence-corrected chi connectivity index (χ0v) is 14.4. The number of nitrogens with zero attached hydrogens (tertiary/aromatic N) is 5. The summed E-state index contributed by atoms with van der Waals surface area (Å²) in [6.07, 6.45) is 0. The van der Waals surface area contributed by atoms with E-state index in [1.54, 1.807) is 24.3 Å². The summed E-state index contributed by atoms with van der Waals surface area (Å²) in [5.74, 6) is 0. The first-order chi connectivity index (χ1) is 12.1. The molecule has 9 heteroatoms. The van der Waals surface area contributed by atoms with Gasteiger partial charge in [-0.25, -0.2) is 13.4 Å². The molecular formula is C16H11N5O2S2. The van der Waals surface area contributed by atoms with Gasteiger partial charge in [-0.1, -0.05) is 36.4 Å². The van der Waals surface area contributed by atoms with Crippen molar-refractivity contribution in [2.24, 2.45) is 0 Å². The molecule has 4 rings (SSSR count). The molecule has 2 heterocycles. The van der Waals surface area contributed by atoms with Crippen molar-refractivity contribution in [3.05, 3.63) is 66.7 Å². The van der Waals surface area contributed by atoms with Gasteiger partial charge in [0, 0.05) is 5.39 Å². The van der Waals surface area contributed by atoms with Crippen molar-refractivity contribution in [1.82, 2.24) is 25.2 Å². The average Bonchev–Trinajstić information content (AvgIpc) is 3.09. The lowest BCUT2D eigenvalue weighted by atomic mass is 10.2. The maximum Gasteiger partial charge on any atom is 0.254 e. The molecule has 0 saturated heterocycles. The largest absolute Gasteiger partial charge is 0.254 e. The molecule has 25 heavy (non-hydrogen) atoms. The third-order valence-corrected chi connectivity index (χ3v) is 6.44. The molecule has 2 aromatic carbocycles. The van der Waals surface area contributed by atoms with Gasteiger partial charge in [0.15, 0.2) is 5.03 Å². The first kappa shape index (κ1) is 15.7. The van der Waals surface area contributed by atoms with Crippen LogP contribution in [0.5, 0.6) is 0 Å². The molecule has 0 aliphatic rings. The van der Waals surface area contributed by atoms with Crippen molar-refractivity contribution in [2.45, 2.75) is 10.2 Å². The van der Waals surface area contributed by atoms with E-state index in [0.29, 0.717) is 22.0 Å². The Labute approximate surface area is 147 Å². The molecule has 0 N–H and O–H groups in total. The van der Waals surface area contributed by atoms with Crippen LogP contribution in [-0.4, -0.2) is 33.6 Å². The van der Waals surface area contributed by atoms with E-state index in [9.17, 15) is 8.42 Å². The normalized spacial score (nSPS) is 11.7. The number of para-hydroxylation sites is 2. The summed E-state index contributed by atoms with van der Waals surface area (Å²) in [6, 6.07) is 19.6. The molecule has 0 bridgehead atoms. The highest BCUT2D eigenvalue weighted by Gasteiger charge is 2.23. The summed E-state index contributed by atoms with van der Waals surface area (Å²) in [4.78, 5) is 4.24. The van der Waals surface area contributed by atoms with Gasteiger partial charge in [0.25, 0.3) is 8.87 Å². The average molecular weight is 369 g/mol. The molecule has 2 aromatic heterocycles. The van der Waals surface area contributed by atoms with Gasteiger partial charge in [-0.05, 0) is 40.8 Å². The van der Waals surface area contributed by atoms with E-state index >= 15 is 0 Å². The van der Waals surface area contributed by atoms with Crippen LogP contribution in [0.1, 0.15) is 0 Å². The van der Waals surface area contributed by atoms with Crippen molar-refractivity contribution < 1.29 is 8.42 Å². The number of rotatable bonds is 4. The molecule has 4 aromatic rings. The summed E-state index contributed by atoms with van der Waals surface area (Å²) in [5, 5.41) is 12.3. The van der Waals surface area contributed by atoms with Gasteiger partial charge in [-0.2, -0.15) is 4.68 Å². The van der Waals surface area contributed by atoms with Crippen molar-refractivity contribution in [3.63, 3.8) is 0 Å². The fourth-order valence-electron chi connectivity index (χ4n) is 2.29. The number of tetrazole rings is 1. The highest BCUT2D eigenvalue weighted by molar-refractivity contribution is 8.71. The zero-order valence-electron chi connectivity index (χ0n) is 12.7. The Bertz CT molecular complexity index is 1140. The van der Waals surface area contributed by atoms with Gasteiger partial charge in [-0.3, -0.25) is 0 Å². The van der Waals surface area contributed by atoms with Crippen LogP contribution in [0.4, 0.5) is 0 Å². The van der Waals surface area contributed by atoms with Crippen LogP contribution in [0, 0.1) is 0 Å². The molecule has 0 saturated carbocycles. The van der Waals surface area contributed by atoms with Crippen LogP contribution in [0.2, 0.25) is 0 Å². The van der Waals surface area contributed by atoms with Gasteiger partial charge < -0.3 is 0 Å². The fraction of sp³-hybridized carbons (Fsp3) is 0. The van der Waals surface area contributed by atoms with E-state index in [1.807, 2.05) is 36.4 Å². The minimum Gasteiger partial charge on any atom is -0.235 e. The lowest BCUT2D eigenvalue weighted by molar-refractivity contribution is 0.607. The SMILES string of the molecule is O=S(=O)(Sc1nnnn1-c1ccccc1)c1ccc2ccccc2n1. The van der Waals surface area contributed by atoms with Crippen LogP contribution >= 0.6 is 10.8 Å². The molecule has 7 nitrogen and oxygen atoms in total. The van der Waals surface area contributed by atoms with E-state index in [2.05, 4.69) is 20.5 Å². The van der Waals surface area contributed by atoms with Crippen LogP contribution in [-0.2, 0) is 8.87 Å². The fourth-order valence-corrected chi connectivity index (χ4v) is 4.73. The van der Waals surface area contributed by atoms with E-state index in [4.69, 9.17) is 0 Å². The third-order valence-electron chi connectivity index (χ3n) is 3.45. The van der Waals surface area contributed by atoms with Crippen LogP contribution in [0.15, 0.2) is 76.9 Å². The quantitative estimate of drug-likeness (QED) is 0.511. The van der Waals surface area contributed by atoms with Crippen molar-refractivity contribution in [2.75, 3.05) is 0 Å². The summed E-state index contributed by atoms with van der Waals surface area (Å²) in [7, 11) is -3.19. The number of fused-ring (bicyclic) bond motifs is 1. The molecule has 0 spiro atoms. The number of hydrogen-bond donors (Lipinski definition) is 0. The summed E-state index contributed by atoms with van der Waals surface area (Å²) < 4.78 is 26.8. The van der Waals surface area contributed by atoms with Crippen LogP contribution in [0.25, 0.3) is 16.6 Å². The van der Waals surface area contributed by atoms with E-state index in [0.717, 1.165) is 5.39 Å². The Balaban J connectivity index is 1.71. The molecular weight excluding hydrogens is 358 g/mol. The number of benzene rings is 2. The Hall–Kier alpha value is -2.78. The van der Waals surface area contributed by atoms with Gasteiger partial charge in [0.1, 0.15) is 0 Å². The highest BCUT2D eigenvalue weighted by atomic mass is 33.1. The molecule has 0 aliphatic heterocycles. The maximum atomic E-state index is 12.7. The first-order valence-corrected chi connectivity index (χ1v) is 10.1. The third kappa shape index (κ3) is 3.11. The standard InChI is InChI=1S/C16H11N5O2S2/c22-25(23,15-11-10-12-6-4-5-9-14(12)17-15)24-16-18-19-20-21(16)13-7-2-1-3-8-13/h1-11H. The zero-order chi connectivity index (χ0) is 17.3. The van der Waals surface area contributed by atoms with E-state index in [-0.39, 0.29) is 10.2 Å². The van der Waals surface area contributed by atoms with Gasteiger partial charge >= 0.3 is 0 Å². The lowest BCUT2D eigenvalue weighted by Gasteiger charge is -2.05. The molecule has 0 radical (unpaired) electrons. The monoisotopic (exact) mass is 369 g/mol. The molecule has 124 valence electrons. The predicted molar refractivity (Wildman–Crippen MR) is 93.9 cm³/mol. The minimum absolute atomic E-state index is 0.0289. The second kappa shape index (κ2) is 6.26. The number of pyridine rings is 1. The Morgan fingerprint density at radius 2 is 1.64 bits per heavy atom. The first-order valence-electron chi connectivity index (χ1n) is 7.27. The minimum atomic E-state index is -3.76. The molecule has 0 amide bonds. The van der Waals surface area contributed by atoms with Crippen molar-refractivity contribution in [3.8, 4) is 5.69 Å². The Morgan fingerprint density at radius 1 is 0.880 bits per heavy atom. The Morgan fingerprint density at radius 3 is 2.48 bits per heavy atom. The Kier molecular flexibility index (Phi) is 3.94. The van der Waals surface area contributed by atoms with Gasteiger partial charge in [0.05, 0.1) is 22.0 Å².